The minimum Gasteiger partial charge on any atom is -0.508 e. The molecule has 0 radical (unpaired) electrons. The molecule has 0 bridgehead atoms. The number of benzene rings is 2. The maximum atomic E-state index is 9.55. The third kappa shape index (κ3) is 3.20. The van der Waals surface area contributed by atoms with Crippen molar-refractivity contribution in [1.82, 2.24) is 15.0 Å². The van der Waals surface area contributed by atoms with Gasteiger partial charge >= 0.3 is 0 Å². The van der Waals surface area contributed by atoms with Gasteiger partial charge in [0.05, 0.1) is 18.2 Å². The van der Waals surface area contributed by atoms with Crippen LogP contribution in [0.1, 0.15) is 0 Å². The standard InChI is InChI=1S/C20H16N4O2S/c1-26-14-8-4-11(5-9-14)15-10-16(12-2-6-13(25)7-3-12)22-19-17(15)18(21)23-20(27)24-19/h2-10,25H,1H3,(H3,21,22,23,24,27). The summed E-state index contributed by atoms with van der Waals surface area (Å²) in [6, 6.07) is 16.5. The summed E-state index contributed by atoms with van der Waals surface area (Å²) in [7, 11) is 1.63. The van der Waals surface area contributed by atoms with Gasteiger partial charge in [0.1, 0.15) is 17.3 Å². The lowest BCUT2D eigenvalue weighted by atomic mass is 9.99. The highest BCUT2D eigenvalue weighted by Gasteiger charge is 2.14. The van der Waals surface area contributed by atoms with Crippen LogP contribution in [0, 0.1) is 4.77 Å². The molecule has 0 aliphatic carbocycles. The number of aromatic amines is 1. The smallest absolute Gasteiger partial charge is 0.200 e. The van der Waals surface area contributed by atoms with Crippen molar-refractivity contribution < 1.29 is 9.84 Å². The monoisotopic (exact) mass is 376 g/mol. The van der Waals surface area contributed by atoms with Crippen molar-refractivity contribution >= 4 is 29.1 Å². The van der Waals surface area contributed by atoms with Crippen molar-refractivity contribution in [3.05, 3.63) is 59.4 Å². The number of aromatic nitrogens is 3. The van der Waals surface area contributed by atoms with Gasteiger partial charge in [0, 0.05) is 5.56 Å². The molecular weight excluding hydrogens is 360 g/mol. The maximum absolute atomic E-state index is 9.55. The van der Waals surface area contributed by atoms with Crippen molar-refractivity contribution in [2.75, 3.05) is 12.8 Å². The van der Waals surface area contributed by atoms with E-state index in [2.05, 4.69) is 15.0 Å². The number of methoxy groups -OCH3 is 1. The molecule has 27 heavy (non-hydrogen) atoms. The van der Waals surface area contributed by atoms with Gasteiger partial charge in [-0.15, -0.1) is 0 Å². The van der Waals surface area contributed by atoms with Crippen LogP contribution < -0.4 is 10.5 Å². The van der Waals surface area contributed by atoms with Crippen LogP contribution in [0.4, 0.5) is 5.82 Å². The van der Waals surface area contributed by atoms with E-state index in [0.29, 0.717) is 22.5 Å². The van der Waals surface area contributed by atoms with E-state index in [1.165, 1.54) is 0 Å². The molecule has 0 unspecified atom stereocenters. The SMILES string of the molecule is COc1ccc(-c2cc(-c3ccc(O)cc3)nc3nc(=S)[nH]c(N)c23)cc1. The Morgan fingerprint density at radius 2 is 1.67 bits per heavy atom. The summed E-state index contributed by atoms with van der Waals surface area (Å²) in [5, 5.41) is 10.3. The average molecular weight is 376 g/mol. The van der Waals surface area contributed by atoms with Crippen LogP contribution >= 0.6 is 12.2 Å². The molecule has 2 aromatic carbocycles. The van der Waals surface area contributed by atoms with Crippen LogP contribution in [-0.2, 0) is 0 Å². The van der Waals surface area contributed by atoms with Gasteiger partial charge in [-0.3, -0.25) is 0 Å². The first kappa shape index (κ1) is 17.0. The van der Waals surface area contributed by atoms with Gasteiger partial charge in [-0.1, -0.05) is 12.1 Å². The molecule has 6 nitrogen and oxygen atoms in total. The number of phenolic OH excluding ortho intramolecular Hbond substituents is 1. The summed E-state index contributed by atoms with van der Waals surface area (Å²) in [6.07, 6.45) is 0. The van der Waals surface area contributed by atoms with E-state index in [1.807, 2.05) is 30.3 Å². The zero-order valence-corrected chi connectivity index (χ0v) is 15.2. The van der Waals surface area contributed by atoms with E-state index < -0.39 is 0 Å². The van der Waals surface area contributed by atoms with Crippen LogP contribution in [-0.4, -0.2) is 27.2 Å². The number of nitrogens with zero attached hydrogens (tertiary/aromatic N) is 2. The molecule has 0 fully saturated rings. The lowest BCUT2D eigenvalue weighted by molar-refractivity contribution is 0.415. The highest BCUT2D eigenvalue weighted by atomic mass is 32.1. The predicted molar refractivity (Wildman–Crippen MR) is 108 cm³/mol. The Kier molecular flexibility index (Phi) is 4.21. The van der Waals surface area contributed by atoms with Gasteiger partial charge in [-0.25, -0.2) is 4.98 Å². The van der Waals surface area contributed by atoms with Gasteiger partial charge in [-0.2, -0.15) is 4.98 Å². The topological polar surface area (TPSA) is 97.0 Å². The number of nitrogen functional groups attached to an aromatic ring is 1. The molecule has 2 heterocycles. The zero-order valence-electron chi connectivity index (χ0n) is 14.4. The Hall–Kier alpha value is -3.45. The minimum absolute atomic E-state index is 0.194. The Morgan fingerprint density at radius 3 is 2.33 bits per heavy atom. The first-order valence-corrected chi connectivity index (χ1v) is 8.60. The summed E-state index contributed by atoms with van der Waals surface area (Å²) in [5.74, 6) is 1.38. The Labute approximate surface area is 160 Å². The number of hydrogen-bond acceptors (Lipinski definition) is 6. The highest BCUT2D eigenvalue weighted by Crippen LogP contribution is 2.34. The number of nitrogens with one attached hydrogen (secondary N) is 1. The van der Waals surface area contributed by atoms with Crippen LogP contribution in [0.25, 0.3) is 33.4 Å². The Balaban J connectivity index is 2.01. The molecule has 0 saturated carbocycles. The maximum Gasteiger partial charge on any atom is 0.200 e. The first-order valence-electron chi connectivity index (χ1n) is 8.19. The molecule has 4 rings (SSSR count). The molecule has 0 aliphatic heterocycles. The quantitative estimate of drug-likeness (QED) is 0.461. The summed E-state index contributed by atoms with van der Waals surface area (Å²) in [4.78, 5) is 11.9. The second-order valence-corrected chi connectivity index (χ2v) is 6.37. The molecule has 0 saturated heterocycles. The number of aromatic hydroxyl groups is 1. The number of rotatable bonds is 3. The van der Waals surface area contributed by atoms with Gasteiger partial charge in [0.15, 0.2) is 10.4 Å². The van der Waals surface area contributed by atoms with E-state index in [9.17, 15) is 5.11 Å². The van der Waals surface area contributed by atoms with E-state index in [-0.39, 0.29) is 10.5 Å². The molecule has 0 aliphatic rings. The Morgan fingerprint density at radius 1 is 1.00 bits per heavy atom. The third-order valence-corrected chi connectivity index (χ3v) is 4.48. The minimum atomic E-state index is 0.194. The van der Waals surface area contributed by atoms with E-state index in [1.54, 1.807) is 31.4 Å². The molecule has 0 atom stereocenters. The number of phenols is 1. The number of ether oxygens (including phenoxy) is 1. The number of nitrogens with two attached hydrogens (primary N) is 1. The Bertz CT molecular complexity index is 1190. The van der Waals surface area contributed by atoms with Crippen LogP contribution in [0.5, 0.6) is 11.5 Å². The zero-order chi connectivity index (χ0) is 19.0. The lowest BCUT2D eigenvalue weighted by Crippen LogP contribution is -2.00. The van der Waals surface area contributed by atoms with Crippen LogP contribution in [0.15, 0.2) is 54.6 Å². The first-order chi connectivity index (χ1) is 13.0. The van der Waals surface area contributed by atoms with Crippen molar-refractivity contribution in [3.8, 4) is 33.9 Å². The number of pyridine rings is 1. The van der Waals surface area contributed by atoms with E-state index in [4.69, 9.17) is 22.7 Å². The summed E-state index contributed by atoms with van der Waals surface area (Å²) in [6.45, 7) is 0. The van der Waals surface area contributed by atoms with Crippen molar-refractivity contribution in [2.45, 2.75) is 0 Å². The van der Waals surface area contributed by atoms with E-state index in [0.717, 1.165) is 22.4 Å². The normalized spacial score (nSPS) is 10.9. The number of hydrogen-bond donors (Lipinski definition) is 3. The second kappa shape index (κ2) is 6.69. The van der Waals surface area contributed by atoms with Crippen molar-refractivity contribution in [3.63, 3.8) is 0 Å². The van der Waals surface area contributed by atoms with Crippen LogP contribution in [0.3, 0.4) is 0 Å². The fourth-order valence-corrected chi connectivity index (χ4v) is 3.15. The molecule has 7 heteroatoms. The largest absolute Gasteiger partial charge is 0.508 e. The summed E-state index contributed by atoms with van der Waals surface area (Å²) in [5.41, 5.74) is 10.0. The fourth-order valence-electron chi connectivity index (χ4n) is 2.96. The molecule has 134 valence electrons. The highest BCUT2D eigenvalue weighted by molar-refractivity contribution is 7.71. The van der Waals surface area contributed by atoms with Crippen molar-refractivity contribution in [2.24, 2.45) is 0 Å². The number of fused-ring (bicyclic) bond motifs is 1. The van der Waals surface area contributed by atoms with E-state index >= 15 is 0 Å². The lowest BCUT2D eigenvalue weighted by Gasteiger charge is -2.12. The molecule has 0 spiro atoms. The summed E-state index contributed by atoms with van der Waals surface area (Å²) >= 11 is 5.16. The molecule has 4 aromatic rings. The van der Waals surface area contributed by atoms with Crippen molar-refractivity contribution in [1.29, 1.82) is 0 Å². The van der Waals surface area contributed by atoms with Gasteiger partial charge in [-0.05, 0) is 65.8 Å². The van der Waals surface area contributed by atoms with Gasteiger partial charge in [0.2, 0.25) is 0 Å². The van der Waals surface area contributed by atoms with Crippen LogP contribution in [0.2, 0.25) is 0 Å². The molecular formula is C20H16N4O2S. The molecule has 2 aromatic heterocycles. The summed E-state index contributed by atoms with van der Waals surface area (Å²) < 4.78 is 5.52. The van der Waals surface area contributed by atoms with Gasteiger partial charge in [0.25, 0.3) is 0 Å². The number of anilines is 1. The molecule has 4 N–H and O–H groups in total. The number of H-pyrrole nitrogens is 1. The second-order valence-electron chi connectivity index (χ2n) is 5.98. The fraction of sp³-hybridized carbons (Fsp3) is 0.0500. The third-order valence-electron chi connectivity index (χ3n) is 4.28. The average Bonchev–Trinajstić information content (AvgIpc) is 2.67. The van der Waals surface area contributed by atoms with Gasteiger partial charge < -0.3 is 20.6 Å². The predicted octanol–water partition coefficient (Wildman–Crippen LogP) is 4.32. The molecule has 0 amide bonds.